The van der Waals surface area contributed by atoms with Gasteiger partial charge in [-0.1, -0.05) is 12.1 Å². The molecule has 0 saturated heterocycles. The van der Waals surface area contributed by atoms with Crippen LogP contribution in [-0.2, 0) is 16.6 Å². The van der Waals surface area contributed by atoms with Crippen molar-refractivity contribution >= 4 is 33.2 Å². The first-order valence-corrected chi connectivity index (χ1v) is 9.01. The predicted molar refractivity (Wildman–Crippen MR) is 85.5 cm³/mol. The van der Waals surface area contributed by atoms with Gasteiger partial charge < -0.3 is 5.32 Å². The summed E-state index contributed by atoms with van der Waals surface area (Å²) in [5.74, 6) is 0.263. The number of carbonyl (C=O) groups excluding carboxylic acids is 1. The van der Waals surface area contributed by atoms with E-state index in [1.807, 2.05) is 6.07 Å². The highest BCUT2D eigenvalue weighted by atomic mass is 32.2. The van der Waals surface area contributed by atoms with Crippen LogP contribution in [0.25, 0.3) is 0 Å². The van der Waals surface area contributed by atoms with E-state index in [1.165, 1.54) is 11.4 Å². The normalized spacial score (nSPS) is 11.2. The molecule has 1 aromatic carbocycles. The molecule has 2 rings (SSSR count). The second-order valence-electron chi connectivity index (χ2n) is 4.73. The number of hydrogen-bond acceptors (Lipinski definition) is 6. The smallest absolute Gasteiger partial charge is 0.282 e. The van der Waals surface area contributed by atoms with E-state index in [0.717, 1.165) is 23.4 Å². The lowest BCUT2D eigenvalue weighted by Crippen LogP contribution is -2.25. The molecule has 0 aliphatic rings. The number of carbonyl (C=O) groups is 1. The molecule has 0 fully saturated rings. The van der Waals surface area contributed by atoms with Crippen LogP contribution in [0.1, 0.15) is 21.2 Å². The number of amides is 1. The van der Waals surface area contributed by atoms with Gasteiger partial charge in [0.1, 0.15) is 5.82 Å². The van der Waals surface area contributed by atoms with E-state index in [-0.39, 0.29) is 12.5 Å². The molecule has 1 amide bonds. The number of hydrogen-bond donors (Lipinski definition) is 1. The average Bonchev–Trinajstić information content (AvgIpc) is 2.90. The Morgan fingerprint density at radius 2 is 2.14 bits per heavy atom. The summed E-state index contributed by atoms with van der Waals surface area (Å²) in [6.07, 6.45) is 1.14. The van der Waals surface area contributed by atoms with Crippen molar-refractivity contribution in [1.82, 2.24) is 14.7 Å². The molecular formula is C13H16N4O3S2. The van der Waals surface area contributed by atoms with Crippen molar-refractivity contribution in [1.29, 1.82) is 0 Å². The van der Waals surface area contributed by atoms with E-state index in [4.69, 9.17) is 0 Å². The van der Waals surface area contributed by atoms with Crippen molar-refractivity contribution in [2.45, 2.75) is 13.5 Å². The zero-order valence-electron chi connectivity index (χ0n) is 12.4. The molecule has 118 valence electrons. The van der Waals surface area contributed by atoms with Gasteiger partial charge in [-0.05, 0) is 36.2 Å². The fraction of sp³-hybridized carbons (Fsp3) is 0.308. The Hall–Kier alpha value is -2.00. The SMILES string of the molecule is Cc1nsc(C(=O)NCc2cccc(N(C)S(C)(=O)=O)c2)n1. The van der Waals surface area contributed by atoms with Crippen LogP contribution in [0.4, 0.5) is 5.69 Å². The zero-order chi connectivity index (χ0) is 16.3. The molecule has 2 aromatic rings. The Morgan fingerprint density at radius 1 is 1.41 bits per heavy atom. The third kappa shape index (κ3) is 4.01. The fourth-order valence-corrected chi connectivity index (χ4v) is 2.78. The number of anilines is 1. The van der Waals surface area contributed by atoms with Gasteiger partial charge in [0.15, 0.2) is 0 Å². The molecule has 9 heteroatoms. The maximum Gasteiger partial charge on any atom is 0.282 e. The fourth-order valence-electron chi connectivity index (χ4n) is 1.70. The standard InChI is InChI=1S/C13H16N4O3S2/c1-9-15-13(21-16-9)12(18)14-8-10-5-4-6-11(7-10)17(2)22(3,19)20/h4-7H,8H2,1-3H3,(H,14,18). The number of aryl methyl sites for hydroxylation is 1. The van der Waals surface area contributed by atoms with Crippen LogP contribution in [0.15, 0.2) is 24.3 Å². The lowest BCUT2D eigenvalue weighted by Gasteiger charge is -2.17. The quantitative estimate of drug-likeness (QED) is 0.882. The summed E-state index contributed by atoms with van der Waals surface area (Å²) in [4.78, 5) is 15.9. The molecule has 1 N–H and O–H groups in total. The topological polar surface area (TPSA) is 92.3 Å². The highest BCUT2D eigenvalue weighted by molar-refractivity contribution is 7.92. The van der Waals surface area contributed by atoms with Crippen LogP contribution in [0.2, 0.25) is 0 Å². The maximum absolute atomic E-state index is 11.9. The van der Waals surface area contributed by atoms with Gasteiger partial charge in [-0.25, -0.2) is 13.4 Å². The summed E-state index contributed by atoms with van der Waals surface area (Å²) >= 11 is 1.04. The summed E-state index contributed by atoms with van der Waals surface area (Å²) in [7, 11) is -1.83. The molecule has 0 radical (unpaired) electrons. The third-order valence-corrected chi connectivity index (χ3v) is 4.96. The van der Waals surface area contributed by atoms with Gasteiger partial charge in [0.05, 0.1) is 11.9 Å². The Kier molecular flexibility index (Phi) is 4.77. The maximum atomic E-state index is 11.9. The molecule has 22 heavy (non-hydrogen) atoms. The molecule has 0 aliphatic carbocycles. The molecule has 0 saturated carbocycles. The highest BCUT2D eigenvalue weighted by Gasteiger charge is 2.13. The largest absolute Gasteiger partial charge is 0.346 e. The summed E-state index contributed by atoms with van der Waals surface area (Å²) in [5.41, 5.74) is 1.34. The van der Waals surface area contributed by atoms with Crippen LogP contribution in [0.5, 0.6) is 0 Å². The number of nitrogens with one attached hydrogen (secondary N) is 1. The lowest BCUT2D eigenvalue weighted by atomic mass is 10.2. The van der Waals surface area contributed by atoms with Gasteiger partial charge in [-0.3, -0.25) is 9.10 Å². The molecule has 0 spiro atoms. The number of sulfonamides is 1. The molecule has 7 nitrogen and oxygen atoms in total. The van der Waals surface area contributed by atoms with Gasteiger partial charge >= 0.3 is 0 Å². The first-order valence-electron chi connectivity index (χ1n) is 6.39. The highest BCUT2D eigenvalue weighted by Crippen LogP contribution is 2.17. The van der Waals surface area contributed by atoms with Crippen molar-refractivity contribution in [3.8, 4) is 0 Å². The van der Waals surface area contributed by atoms with Gasteiger partial charge in [0, 0.05) is 13.6 Å². The Morgan fingerprint density at radius 3 is 2.73 bits per heavy atom. The molecule has 0 unspecified atom stereocenters. The van der Waals surface area contributed by atoms with Crippen molar-refractivity contribution in [3.63, 3.8) is 0 Å². The van der Waals surface area contributed by atoms with Crippen molar-refractivity contribution in [3.05, 3.63) is 40.7 Å². The zero-order valence-corrected chi connectivity index (χ0v) is 14.0. The number of aromatic nitrogens is 2. The van der Waals surface area contributed by atoms with Gasteiger partial charge in [-0.2, -0.15) is 4.37 Å². The van der Waals surface area contributed by atoms with Gasteiger partial charge in [0.2, 0.25) is 15.0 Å². The van der Waals surface area contributed by atoms with Crippen LogP contribution < -0.4 is 9.62 Å². The van der Waals surface area contributed by atoms with E-state index in [2.05, 4.69) is 14.7 Å². The van der Waals surface area contributed by atoms with Gasteiger partial charge in [-0.15, -0.1) is 0 Å². The minimum absolute atomic E-state index is 0.281. The Bertz CT molecular complexity index is 786. The molecule has 1 heterocycles. The lowest BCUT2D eigenvalue weighted by molar-refractivity contribution is 0.0950. The molecule has 0 bridgehead atoms. The van der Waals surface area contributed by atoms with Crippen LogP contribution >= 0.6 is 11.5 Å². The molecule has 1 aromatic heterocycles. The first kappa shape index (κ1) is 16.4. The molecule has 0 atom stereocenters. The summed E-state index contributed by atoms with van der Waals surface area (Å²) in [6, 6.07) is 6.96. The van der Waals surface area contributed by atoms with Crippen molar-refractivity contribution in [2.75, 3.05) is 17.6 Å². The van der Waals surface area contributed by atoms with Crippen LogP contribution in [0, 0.1) is 6.92 Å². The summed E-state index contributed by atoms with van der Waals surface area (Å²) in [5, 5.41) is 3.04. The van der Waals surface area contributed by atoms with E-state index in [9.17, 15) is 13.2 Å². The van der Waals surface area contributed by atoms with Crippen molar-refractivity contribution in [2.24, 2.45) is 0 Å². The second-order valence-corrected chi connectivity index (χ2v) is 7.50. The second kappa shape index (κ2) is 6.41. The van der Waals surface area contributed by atoms with E-state index in [0.29, 0.717) is 16.5 Å². The summed E-state index contributed by atoms with van der Waals surface area (Å²) < 4.78 is 28.2. The Labute approximate surface area is 133 Å². The van der Waals surface area contributed by atoms with Crippen LogP contribution in [0.3, 0.4) is 0 Å². The molecule has 0 aliphatic heterocycles. The third-order valence-electron chi connectivity index (χ3n) is 2.95. The Balaban J connectivity index is 2.06. The van der Waals surface area contributed by atoms with E-state index < -0.39 is 10.0 Å². The monoisotopic (exact) mass is 340 g/mol. The first-order chi connectivity index (χ1) is 10.3. The molecular weight excluding hydrogens is 324 g/mol. The minimum atomic E-state index is -3.31. The number of rotatable bonds is 5. The van der Waals surface area contributed by atoms with Gasteiger partial charge in [0.25, 0.3) is 5.91 Å². The average molecular weight is 340 g/mol. The number of nitrogens with zero attached hydrogens (tertiary/aromatic N) is 3. The number of benzene rings is 1. The van der Waals surface area contributed by atoms with E-state index >= 15 is 0 Å². The van der Waals surface area contributed by atoms with E-state index in [1.54, 1.807) is 25.1 Å². The summed E-state index contributed by atoms with van der Waals surface area (Å²) in [6.45, 7) is 2.00. The predicted octanol–water partition coefficient (Wildman–Crippen LogP) is 1.17. The minimum Gasteiger partial charge on any atom is -0.346 e. The van der Waals surface area contributed by atoms with Crippen molar-refractivity contribution < 1.29 is 13.2 Å². The van der Waals surface area contributed by atoms with Crippen LogP contribution in [-0.4, -0.2) is 37.0 Å².